The summed E-state index contributed by atoms with van der Waals surface area (Å²) in [7, 11) is -4.10. The zero-order valence-corrected chi connectivity index (χ0v) is 13.9. The Morgan fingerprint density at radius 1 is 1.16 bits per heavy atom. The zero-order valence-electron chi connectivity index (χ0n) is 12.2. The Balaban J connectivity index is 1.81. The van der Waals surface area contributed by atoms with Crippen LogP contribution < -0.4 is 10.3 Å². The van der Waals surface area contributed by atoms with Crippen LogP contribution in [-0.4, -0.2) is 28.0 Å². The van der Waals surface area contributed by atoms with Gasteiger partial charge in [0.25, 0.3) is 21.6 Å². The second-order valence-corrected chi connectivity index (χ2v) is 6.93. The maximum absolute atomic E-state index is 12.4. The monoisotopic (exact) mass is 379 g/mol. The van der Waals surface area contributed by atoms with E-state index in [1.54, 1.807) is 6.07 Å². The Hall–Kier alpha value is -2.96. The number of nitro benzene ring substituents is 1. The van der Waals surface area contributed by atoms with Gasteiger partial charge >= 0.3 is 0 Å². The minimum Gasteiger partial charge on any atom is -0.273 e. The van der Waals surface area contributed by atoms with Crippen LogP contribution in [0.2, 0.25) is 0 Å². The molecule has 0 bridgehead atoms. The van der Waals surface area contributed by atoms with Gasteiger partial charge in [-0.2, -0.15) is 8.75 Å². The molecule has 12 heteroatoms. The van der Waals surface area contributed by atoms with Crippen molar-refractivity contribution >= 4 is 44.4 Å². The molecule has 0 spiro atoms. The van der Waals surface area contributed by atoms with Gasteiger partial charge in [0.15, 0.2) is 0 Å². The predicted molar refractivity (Wildman–Crippen MR) is 88.3 cm³/mol. The summed E-state index contributed by atoms with van der Waals surface area (Å²) < 4.78 is 32.6. The third kappa shape index (κ3) is 3.45. The van der Waals surface area contributed by atoms with Crippen LogP contribution in [-0.2, 0) is 10.0 Å². The van der Waals surface area contributed by atoms with Gasteiger partial charge in [0.2, 0.25) is 0 Å². The number of amides is 1. The van der Waals surface area contributed by atoms with Crippen molar-refractivity contribution in [3.63, 3.8) is 0 Å². The second-order valence-electron chi connectivity index (χ2n) is 4.76. The van der Waals surface area contributed by atoms with E-state index in [0.717, 1.165) is 17.8 Å². The lowest BCUT2D eigenvalue weighted by atomic mass is 10.2. The largest absolute Gasteiger partial charge is 0.273 e. The van der Waals surface area contributed by atoms with Crippen LogP contribution in [0.3, 0.4) is 0 Å². The quantitative estimate of drug-likeness (QED) is 0.501. The molecular formula is C13H9N5O5S2. The molecule has 0 radical (unpaired) electrons. The van der Waals surface area contributed by atoms with Crippen molar-refractivity contribution in [3.8, 4) is 0 Å². The van der Waals surface area contributed by atoms with Crippen molar-refractivity contribution in [2.75, 3.05) is 0 Å². The Bertz CT molecular complexity index is 1080. The molecule has 0 atom stereocenters. The van der Waals surface area contributed by atoms with E-state index >= 15 is 0 Å². The second kappa shape index (κ2) is 6.51. The number of sulfonamides is 1. The number of hydrazine groups is 1. The molecule has 1 amide bonds. The number of hydrogen-bond acceptors (Lipinski definition) is 8. The molecule has 10 nitrogen and oxygen atoms in total. The Morgan fingerprint density at radius 2 is 1.92 bits per heavy atom. The third-order valence-corrected chi connectivity index (χ3v) is 4.98. The number of aromatic nitrogens is 2. The Kier molecular flexibility index (Phi) is 4.39. The van der Waals surface area contributed by atoms with Gasteiger partial charge in [-0.1, -0.05) is 12.1 Å². The molecule has 0 aliphatic heterocycles. The average molecular weight is 379 g/mol. The van der Waals surface area contributed by atoms with Crippen molar-refractivity contribution in [1.29, 1.82) is 0 Å². The maximum atomic E-state index is 12.4. The van der Waals surface area contributed by atoms with Gasteiger partial charge in [0.05, 0.1) is 16.7 Å². The zero-order chi connectivity index (χ0) is 18.0. The summed E-state index contributed by atoms with van der Waals surface area (Å²) in [5.74, 6) is -0.837. The number of nitro groups is 1. The van der Waals surface area contributed by atoms with Crippen molar-refractivity contribution < 1.29 is 18.1 Å². The summed E-state index contributed by atoms with van der Waals surface area (Å²) in [5.41, 5.74) is 2.27. The van der Waals surface area contributed by atoms with Crippen LogP contribution in [0.5, 0.6) is 0 Å². The number of fused-ring (bicyclic) bond motifs is 1. The highest BCUT2D eigenvalue weighted by Crippen LogP contribution is 2.20. The highest BCUT2D eigenvalue weighted by Gasteiger charge is 2.21. The van der Waals surface area contributed by atoms with Crippen LogP contribution in [0.1, 0.15) is 10.4 Å². The molecule has 0 aliphatic rings. The topological polar surface area (TPSA) is 144 Å². The minimum atomic E-state index is -4.10. The van der Waals surface area contributed by atoms with Gasteiger partial charge in [-0.15, -0.1) is 4.83 Å². The number of nitrogens with one attached hydrogen (secondary N) is 2. The van der Waals surface area contributed by atoms with Crippen LogP contribution in [0.4, 0.5) is 5.69 Å². The Morgan fingerprint density at radius 3 is 2.68 bits per heavy atom. The molecule has 2 N–H and O–H groups in total. The molecule has 0 saturated carbocycles. The standard InChI is InChI=1S/C13H9N5O5S2/c19-13(8-3-1-4-9(7-8)18(20)21)14-17-25(22,23)11-6-2-5-10-12(11)16-24-15-10/h1-7,17H,(H,14,19). The fourth-order valence-corrected chi connectivity index (χ4v) is 3.61. The van der Waals surface area contributed by atoms with Gasteiger partial charge in [-0.25, -0.2) is 8.42 Å². The van der Waals surface area contributed by atoms with Crippen molar-refractivity contribution in [1.82, 2.24) is 19.0 Å². The van der Waals surface area contributed by atoms with Crippen LogP contribution in [0, 0.1) is 10.1 Å². The molecule has 3 rings (SSSR count). The van der Waals surface area contributed by atoms with Gasteiger partial charge in [0, 0.05) is 17.7 Å². The highest BCUT2D eigenvalue weighted by molar-refractivity contribution is 7.89. The average Bonchev–Trinajstić information content (AvgIpc) is 3.08. The first-order chi connectivity index (χ1) is 11.9. The lowest BCUT2D eigenvalue weighted by Crippen LogP contribution is -2.41. The van der Waals surface area contributed by atoms with Crippen LogP contribution in [0.25, 0.3) is 11.0 Å². The smallest absolute Gasteiger partial charge is 0.270 e. The van der Waals surface area contributed by atoms with Gasteiger partial charge < -0.3 is 0 Å². The normalized spacial score (nSPS) is 11.4. The van der Waals surface area contributed by atoms with E-state index in [1.807, 2.05) is 10.3 Å². The summed E-state index contributed by atoms with van der Waals surface area (Å²) in [4.78, 5) is 23.9. The summed E-state index contributed by atoms with van der Waals surface area (Å²) in [5, 5.41) is 10.7. The first kappa shape index (κ1) is 16.9. The Labute approximate surface area is 145 Å². The maximum Gasteiger partial charge on any atom is 0.270 e. The fourth-order valence-electron chi connectivity index (χ4n) is 2.00. The van der Waals surface area contributed by atoms with E-state index < -0.39 is 20.9 Å². The van der Waals surface area contributed by atoms with E-state index in [4.69, 9.17) is 0 Å². The summed E-state index contributed by atoms with van der Waals surface area (Å²) >= 11 is 0.865. The van der Waals surface area contributed by atoms with Crippen molar-refractivity contribution in [2.24, 2.45) is 0 Å². The van der Waals surface area contributed by atoms with Crippen LogP contribution in [0.15, 0.2) is 47.4 Å². The molecule has 1 heterocycles. The van der Waals surface area contributed by atoms with E-state index in [-0.39, 0.29) is 21.7 Å². The fraction of sp³-hybridized carbons (Fsp3) is 0. The summed E-state index contributed by atoms with van der Waals surface area (Å²) in [6, 6.07) is 9.34. The molecule has 2 aromatic carbocycles. The van der Waals surface area contributed by atoms with E-state index in [0.29, 0.717) is 5.52 Å². The highest BCUT2D eigenvalue weighted by atomic mass is 32.2. The van der Waals surface area contributed by atoms with E-state index in [1.165, 1.54) is 30.3 Å². The SMILES string of the molecule is O=C(NNS(=O)(=O)c1cccc2nsnc12)c1cccc([N+](=O)[O-])c1. The number of rotatable bonds is 5. The first-order valence-corrected chi connectivity index (χ1v) is 8.88. The third-order valence-electron chi connectivity index (χ3n) is 3.16. The molecule has 128 valence electrons. The number of benzene rings is 2. The molecule has 25 heavy (non-hydrogen) atoms. The summed E-state index contributed by atoms with van der Waals surface area (Å²) in [6.45, 7) is 0. The van der Waals surface area contributed by atoms with E-state index in [2.05, 4.69) is 8.75 Å². The lowest BCUT2D eigenvalue weighted by molar-refractivity contribution is -0.384. The molecule has 3 aromatic rings. The number of carbonyl (C=O) groups is 1. The molecule has 0 fully saturated rings. The summed E-state index contributed by atoms with van der Waals surface area (Å²) in [6.07, 6.45) is 0. The van der Waals surface area contributed by atoms with Gasteiger partial charge in [-0.3, -0.25) is 20.3 Å². The molecule has 0 saturated heterocycles. The number of nitrogens with zero attached hydrogens (tertiary/aromatic N) is 3. The first-order valence-electron chi connectivity index (χ1n) is 6.66. The lowest BCUT2D eigenvalue weighted by Gasteiger charge is -2.08. The van der Waals surface area contributed by atoms with Crippen LogP contribution >= 0.6 is 11.7 Å². The number of non-ortho nitro benzene ring substituents is 1. The van der Waals surface area contributed by atoms with Crippen molar-refractivity contribution in [3.05, 3.63) is 58.1 Å². The predicted octanol–water partition coefficient (Wildman–Crippen LogP) is 1.22. The van der Waals surface area contributed by atoms with Crippen molar-refractivity contribution in [2.45, 2.75) is 4.90 Å². The number of hydrogen-bond donors (Lipinski definition) is 2. The van der Waals surface area contributed by atoms with Gasteiger partial charge in [0.1, 0.15) is 15.9 Å². The molecule has 1 aromatic heterocycles. The van der Waals surface area contributed by atoms with E-state index in [9.17, 15) is 23.3 Å². The molecular weight excluding hydrogens is 370 g/mol. The van der Waals surface area contributed by atoms with Gasteiger partial charge in [-0.05, 0) is 18.2 Å². The molecule has 0 aliphatic carbocycles. The number of carbonyl (C=O) groups excluding carboxylic acids is 1. The minimum absolute atomic E-state index is 0.0644. The molecule has 0 unspecified atom stereocenters.